The average Bonchev–Trinajstić information content (AvgIpc) is 3.21. The van der Waals surface area contributed by atoms with Gasteiger partial charge in [0, 0.05) is 18.8 Å². The molecule has 4 rings (SSSR count). The number of benzene rings is 3. The maximum atomic E-state index is 13.3. The van der Waals surface area contributed by atoms with E-state index in [1.807, 2.05) is 48.5 Å². The standard InChI is InChI=1S/C29H34N2O2/c1-23-11-9-16-27(21-23)33-20-10-18-31(2)19-17-26(22-31)29(28(30)32,24-12-5-3-6-13-24)25-14-7-4-8-15-25/h3-9,11-16,21,26H,10,17-20,22H2,1-2H3,(H-,30,32)/p+1/t26?,31-/m1/s1. The molecule has 0 bridgehead atoms. The fraction of sp³-hybridized carbons (Fsp3) is 0.345. The highest BCUT2D eigenvalue weighted by Crippen LogP contribution is 2.45. The molecule has 1 saturated heterocycles. The van der Waals surface area contributed by atoms with Crippen LogP contribution in [0.3, 0.4) is 0 Å². The van der Waals surface area contributed by atoms with E-state index in [-0.39, 0.29) is 11.8 Å². The molecule has 1 heterocycles. The second-order valence-corrected chi connectivity index (χ2v) is 9.66. The number of nitrogens with zero attached hydrogens (tertiary/aromatic N) is 1. The minimum atomic E-state index is -0.823. The third-order valence-electron chi connectivity index (χ3n) is 7.24. The molecule has 0 radical (unpaired) electrons. The number of nitrogens with two attached hydrogens (primary N) is 1. The van der Waals surface area contributed by atoms with Gasteiger partial charge in [-0.2, -0.15) is 0 Å². The zero-order chi connectivity index (χ0) is 23.3. The van der Waals surface area contributed by atoms with E-state index in [2.05, 4.69) is 50.4 Å². The molecule has 1 aliphatic heterocycles. The molecule has 3 aromatic carbocycles. The first-order valence-corrected chi connectivity index (χ1v) is 11.9. The van der Waals surface area contributed by atoms with Crippen molar-refractivity contribution in [1.82, 2.24) is 0 Å². The van der Waals surface area contributed by atoms with Gasteiger partial charge in [0.25, 0.3) is 0 Å². The summed E-state index contributed by atoms with van der Waals surface area (Å²) in [6, 6.07) is 28.4. The van der Waals surface area contributed by atoms with Gasteiger partial charge in [-0.25, -0.2) is 0 Å². The number of carbonyl (C=O) groups is 1. The number of carbonyl (C=O) groups excluding carboxylic acids is 1. The van der Waals surface area contributed by atoms with Crippen molar-refractivity contribution in [1.29, 1.82) is 0 Å². The van der Waals surface area contributed by atoms with Gasteiger partial charge in [-0.1, -0.05) is 72.8 Å². The van der Waals surface area contributed by atoms with Crippen LogP contribution in [0.5, 0.6) is 5.75 Å². The van der Waals surface area contributed by atoms with Crippen molar-refractivity contribution in [3.05, 3.63) is 102 Å². The number of amides is 1. The number of hydrogen-bond acceptors (Lipinski definition) is 2. The lowest BCUT2D eigenvalue weighted by Crippen LogP contribution is -2.51. The predicted molar refractivity (Wildman–Crippen MR) is 133 cm³/mol. The molecule has 0 aliphatic carbocycles. The first-order chi connectivity index (χ1) is 15.9. The quantitative estimate of drug-likeness (QED) is 0.385. The Balaban J connectivity index is 1.52. The molecule has 3 aromatic rings. The summed E-state index contributed by atoms with van der Waals surface area (Å²) in [7, 11) is 2.30. The van der Waals surface area contributed by atoms with Crippen LogP contribution in [0.15, 0.2) is 84.9 Å². The van der Waals surface area contributed by atoms with Crippen LogP contribution < -0.4 is 10.5 Å². The topological polar surface area (TPSA) is 52.3 Å². The van der Waals surface area contributed by atoms with Crippen LogP contribution in [0.4, 0.5) is 0 Å². The molecular formula is C29H35N2O2+. The van der Waals surface area contributed by atoms with Crippen LogP contribution in [0.25, 0.3) is 0 Å². The third-order valence-corrected chi connectivity index (χ3v) is 7.24. The number of rotatable bonds is 9. The molecule has 1 unspecified atom stereocenters. The van der Waals surface area contributed by atoms with Gasteiger partial charge >= 0.3 is 0 Å². The van der Waals surface area contributed by atoms with Gasteiger partial charge < -0.3 is 15.0 Å². The maximum absolute atomic E-state index is 13.3. The molecule has 33 heavy (non-hydrogen) atoms. The van der Waals surface area contributed by atoms with Crippen LogP contribution in [0.1, 0.15) is 29.5 Å². The first kappa shape index (κ1) is 23.1. The number of quaternary nitrogens is 1. The van der Waals surface area contributed by atoms with Crippen molar-refractivity contribution in [2.45, 2.75) is 25.2 Å². The summed E-state index contributed by atoms with van der Waals surface area (Å²) in [4.78, 5) is 13.3. The van der Waals surface area contributed by atoms with Crippen molar-refractivity contribution in [3.8, 4) is 5.75 Å². The van der Waals surface area contributed by atoms with Crippen molar-refractivity contribution in [2.24, 2.45) is 11.7 Å². The lowest BCUT2D eigenvalue weighted by atomic mass is 9.64. The van der Waals surface area contributed by atoms with Crippen LogP contribution >= 0.6 is 0 Å². The highest BCUT2D eigenvalue weighted by Gasteiger charge is 2.53. The Hall–Kier alpha value is -3.11. The average molecular weight is 444 g/mol. The maximum Gasteiger partial charge on any atom is 0.233 e. The summed E-state index contributed by atoms with van der Waals surface area (Å²) >= 11 is 0. The van der Waals surface area contributed by atoms with Crippen LogP contribution in [0.2, 0.25) is 0 Å². The minimum Gasteiger partial charge on any atom is -0.493 e. The van der Waals surface area contributed by atoms with Crippen molar-refractivity contribution < 1.29 is 14.0 Å². The van der Waals surface area contributed by atoms with Crippen molar-refractivity contribution in [3.63, 3.8) is 0 Å². The Kier molecular flexibility index (Phi) is 6.85. The zero-order valence-corrected chi connectivity index (χ0v) is 19.7. The van der Waals surface area contributed by atoms with Gasteiger partial charge in [0.05, 0.1) is 33.3 Å². The Morgan fingerprint density at radius 3 is 2.21 bits per heavy atom. The summed E-state index contributed by atoms with van der Waals surface area (Å²) in [5.74, 6) is 0.807. The monoisotopic (exact) mass is 443 g/mol. The number of ether oxygens (including phenoxy) is 1. The zero-order valence-electron chi connectivity index (χ0n) is 19.7. The third kappa shape index (κ3) is 4.81. The number of hydrogen-bond donors (Lipinski definition) is 1. The molecule has 172 valence electrons. The van der Waals surface area contributed by atoms with Crippen LogP contribution in [-0.4, -0.2) is 43.7 Å². The summed E-state index contributed by atoms with van der Waals surface area (Å²) in [6.45, 7) is 5.73. The normalized spacial score (nSPS) is 20.5. The molecule has 2 atom stereocenters. The fourth-order valence-electron chi connectivity index (χ4n) is 5.61. The lowest BCUT2D eigenvalue weighted by molar-refractivity contribution is -0.899. The predicted octanol–water partition coefficient (Wildman–Crippen LogP) is 4.70. The van der Waals surface area contributed by atoms with Gasteiger partial charge in [0.15, 0.2) is 0 Å². The van der Waals surface area contributed by atoms with Crippen LogP contribution in [0, 0.1) is 12.8 Å². The highest BCUT2D eigenvalue weighted by molar-refractivity contribution is 5.91. The molecule has 0 aromatic heterocycles. The van der Waals surface area contributed by atoms with E-state index in [1.54, 1.807) is 0 Å². The largest absolute Gasteiger partial charge is 0.493 e. The van der Waals surface area contributed by atoms with Crippen molar-refractivity contribution >= 4 is 5.91 Å². The molecular weight excluding hydrogens is 408 g/mol. The van der Waals surface area contributed by atoms with Crippen LogP contribution in [-0.2, 0) is 10.2 Å². The second-order valence-electron chi connectivity index (χ2n) is 9.66. The minimum absolute atomic E-state index is 0.141. The molecule has 0 saturated carbocycles. The summed E-state index contributed by atoms with van der Waals surface area (Å²) in [5, 5.41) is 0. The van der Waals surface area contributed by atoms with E-state index in [9.17, 15) is 4.79 Å². The second kappa shape index (κ2) is 9.80. The molecule has 4 nitrogen and oxygen atoms in total. The Morgan fingerprint density at radius 1 is 1.00 bits per heavy atom. The van der Waals surface area contributed by atoms with Gasteiger partial charge in [-0.05, 0) is 35.7 Å². The number of primary amides is 1. The summed E-state index contributed by atoms with van der Waals surface area (Å²) in [5.41, 5.74) is 8.60. The van der Waals surface area contributed by atoms with E-state index >= 15 is 0 Å². The van der Waals surface area contributed by atoms with Gasteiger partial charge in [0.1, 0.15) is 11.2 Å². The van der Waals surface area contributed by atoms with E-state index in [0.29, 0.717) is 6.61 Å². The Morgan fingerprint density at radius 2 is 1.64 bits per heavy atom. The van der Waals surface area contributed by atoms with Gasteiger partial charge in [-0.3, -0.25) is 4.79 Å². The SMILES string of the molecule is Cc1cccc(OCCC[N@+]2(C)CCC(C(C(N)=O)(c3ccccc3)c3ccccc3)C2)c1. The molecule has 4 heteroatoms. The molecule has 1 aliphatic rings. The van der Waals surface area contributed by atoms with E-state index in [4.69, 9.17) is 10.5 Å². The summed E-state index contributed by atoms with van der Waals surface area (Å²) < 4.78 is 6.91. The molecule has 0 spiro atoms. The molecule has 2 N–H and O–H groups in total. The van der Waals surface area contributed by atoms with Gasteiger partial charge in [-0.15, -0.1) is 0 Å². The van der Waals surface area contributed by atoms with Gasteiger partial charge in [0.2, 0.25) is 5.91 Å². The number of aryl methyl sites for hydroxylation is 1. The number of likely N-dealkylation sites (tertiary alicyclic amines) is 1. The van der Waals surface area contributed by atoms with E-state index in [1.165, 1.54) is 5.56 Å². The molecule has 1 amide bonds. The first-order valence-electron chi connectivity index (χ1n) is 11.9. The highest BCUT2D eigenvalue weighted by atomic mass is 16.5. The summed E-state index contributed by atoms with van der Waals surface area (Å²) in [6.07, 6.45) is 1.93. The Bertz CT molecular complexity index is 1030. The Labute approximate surface area is 197 Å². The van der Waals surface area contributed by atoms with E-state index in [0.717, 1.165) is 53.8 Å². The smallest absolute Gasteiger partial charge is 0.233 e. The molecule has 1 fully saturated rings. The lowest BCUT2D eigenvalue weighted by Gasteiger charge is -2.38. The van der Waals surface area contributed by atoms with E-state index < -0.39 is 5.41 Å². The fourth-order valence-corrected chi connectivity index (χ4v) is 5.61. The van der Waals surface area contributed by atoms with Crippen molar-refractivity contribution in [2.75, 3.05) is 33.3 Å².